The summed E-state index contributed by atoms with van der Waals surface area (Å²) in [5.41, 5.74) is 11.1. The van der Waals surface area contributed by atoms with Gasteiger partial charge in [-0.1, -0.05) is 48.9 Å². The van der Waals surface area contributed by atoms with Gasteiger partial charge >= 0.3 is 0 Å². The molecule has 3 rings (SSSR count). The van der Waals surface area contributed by atoms with E-state index in [9.17, 15) is 0 Å². The lowest BCUT2D eigenvalue weighted by Crippen LogP contribution is -2.36. The van der Waals surface area contributed by atoms with Crippen LogP contribution in [0.3, 0.4) is 0 Å². The molecule has 1 aliphatic heterocycles. The summed E-state index contributed by atoms with van der Waals surface area (Å²) >= 11 is 0. The van der Waals surface area contributed by atoms with Gasteiger partial charge in [0.1, 0.15) is 0 Å². The SMILES string of the molecule is CCc1ccc(C2CN=C(N)N2c2ccc(C)cc2)cc1. The zero-order valence-electron chi connectivity index (χ0n) is 12.6. The lowest BCUT2D eigenvalue weighted by molar-refractivity contribution is 0.768. The zero-order valence-corrected chi connectivity index (χ0v) is 12.6. The van der Waals surface area contributed by atoms with Crippen molar-refractivity contribution in [2.24, 2.45) is 10.7 Å². The highest BCUT2D eigenvalue weighted by Crippen LogP contribution is 2.31. The van der Waals surface area contributed by atoms with Crippen molar-refractivity contribution in [2.45, 2.75) is 26.3 Å². The standard InChI is InChI=1S/C18H21N3/c1-3-14-6-8-15(9-7-14)17-12-20-18(19)21(17)16-10-4-13(2)5-11-16/h4-11,17H,3,12H2,1-2H3,(H2,19,20). The van der Waals surface area contributed by atoms with Crippen molar-refractivity contribution in [3.8, 4) is 0 Å². The van der Waals surface area contributed by atoms with Crippen LogP contribution >= 0.6 is 0 Å². The van der Waals surface area contributed by atoms with Crippen LogP contribution in [-0.4, -0.2) is 12.5 Å². The van der Waals surface area contributed by atoms with Crippen molar-refractivity contribution >= 4 is 11.6 Å². The molecule has 2 aromatic rings. The molecule has 3 nitrogen and oxygen atoms in total. The minimum Gasteiger partial charge on any atom is -0.369 e. The number of aliphatic imine (C=N–C) groups is 1. The summed E-state index contributed by atoms with van der Waals surface area (Å²) in [6.07, 6.45) is 1.06. The molecule has 0 saturated carbocycles. The Kier molecular flexibility index (Phi) is 3.65. The number of hydrogen-bond donors (Lipinski definition) is 1. The van der Waals surface area contributed by atoms with E-state index >= 15 is 0 Å². The van der Waals surface area contributed by atoms with E-state index in [2.05, 4.69) is 72.3 Å². The molecule has 0 bridgehead atoms. The summed E-state index contributed by atoms with van der Waals surface area (Å²) in [5, 5.41) is 0. The van der Waals surface area contributed by atoms with Crippen LogP contribution in [-0.2, 0) is 6.42 Å². The minimum atomic E-state index is 0.193. The molecule has 0 saturated heterocycles. The van der Waals surface area contributed by atoms with E-state index in [4.69, 9.17) is 5.73 Å². The van der Waals surface area contributed by atoms with Crippen LogP contribution in [0.5, 0.6) is 0 Å². The van der Waals surface area contributed by atoms with E-state index in [1.54, 1.807) is 0 Å². The van der Waals surface area contributed by atoms with Crippen LogP contribution in [0.15, 0.2) is 53.5 Å². The third-order valence-electron chi connectivity index (χ3n) is 4.07. The Bertz CT molecular complexity index is 641. The summed E-state index contributed by atoms with van der Waals surface area (Å²) in [7, 11) is 0. The average Bonchev–Trinajstić information content (AvgIpc) is 2.90. The van der Waals surface area contributed by atoms with Crippen LogP contribution in [0, 0.1) is 6.92 Å². The minimum absolute atomic E-state index is 0.193. The maximum Gasteiger partial charge on any atom is 0.196 e. The van der Waals surface area contributed by atoms with Crippen LogP contribution in [0.2, 0.25) is 0 Å². The quantitative estimate of drug-likeness (QED) is 0.935. The predicted molar refractivity (Wildman–Crippen MR) is 88.7 cm³/mol. The second-order valence-corrected chi connectivity index (χ2v) is 5.52. The first-order chi connectivity index (χ1) is 10.2. The first-order valence-electron chi connectivity index (χ1n) is 7.43. The Balaban J connectivity index is 1.92. The van der Waals surface area contributed by atoms with Gasteiger partial charge in [-0.05, 0) is 36.6 Å². The molecule has 0 radical (unpaired) electrons. The molecule has 108 valence electrons. The number of nitrogens with zero attached hydrogens (tertiary/aromatic N) is 2. The van der Waals surface area contributed by atoms with Crippen LogP contribution in [0.1, 0.15) is 29.7 Å². The Morgan fingerprint density at radius 2 is 1.76 bits per heavy atom. The Labute approximate surface area is 126 Å². The molecule has 3 heteroatoms. The summed E-state index contributed by atoms with van der Waals surface area (Å²) < 4.78 is 0. The number of guanidine groups is 1. The molecule has 21 heavy (non-hydrogen) atoms. The summed E-state index contributed by atoms with van der Waals surface area (Å²) in [6.45, 7) is 4.97. The number of benzene rings is 2. The topological polar surface area (TPSA) is 41.6 Å². The van der Waals surface area contributed by atoms with Gasteiger partial charge in [0.15, 0.2) is 5.96 Å². The summed E-state index contributed by atoms with van der Waals surface area (Å²) in [6, 6.07) is 17.4. The van der Waals surface area contributed by atoms with Gasteiger partial charge in [-0.15, -0.1) is 0 Å². The van der Waals surface area contributed by atoms with E-state index in [1.165, 1.54) is 16.7 Å². The predicted octanol–water partition coefficient (Wildman–Crippen LogP) is 3.43. The Hall–Kier alpha value is -2.29. The number of rotatable bonds is 3. The van der Waals surface area contributed by atoms with E-state index in [0.717, 1.165) is 12.1 Å². The molecular formula is C18H21N3. The van der Waals surface area contributed by atoms with E-state index in [1.807, 2.05) is 0 Å². The second-order valence-electron chi connectivity index (χ2n) is 5.52. The molecular weight excluding hydrogens is 258 g/mol. The molecule has 0 aliphatic carbocycles. The first kappa shape index (κ1) is 13.7. The average molecular weight is 279 g/mol. The maximum absolute atomic E-state index is 6.11. The van der Waals surface area contributed by atoms with Crippen molar-refractivity contribution < 1.29 is 0 Å². The van der Waals surface area contributed by atoms with E-state index < -0.39 is 0 Å². The molecule has 0 amide bonds. The Morgan fingerprint density at radius 3 is 2.38 bits per heavy atom. The monoisotopic (exact) mass is 279 g/mol. The number of hydrogen-bond acceptors (Lipinski definition) is 3. The highest BCUT2D eigenvalue weighted by molar-refractivity contribution is 5.97. The third-order valence-corrected chi connectivity index (χ3v) is 4.07. The molecule has 2 N–H and O–H groups in total. The fourth-order valence-electron chi connectivity index (χ4n) is 2.75. The van der Waals surface area contributed by atoms with Crippen LogP contribution in [0.25, 0.3) is 0 Å². The fraction of sp³-hybridized carbons (Fsp3) is 0.278. The lowest BCUT2D eigenvalue weighted by Gasteiger charge is -2.27. The molecule has 0 aromatic heterocycles. The van der Waals surface area contributed by atoms with Crippen molar-refractivity contribution in [3.05, 3.63) is 65.2 Å². The van der Waals surface area contributed by atoms with Gasteiger partial charge in [0.25, 0.3) is 0 Å². The maximum atomic E-state index is 6.11. The van der Waals surface area contributed by atoms with Gasteiger partial charge < -0.3 is 10.6 Å². The van der Waals surface area contributed by atoms with Gasteiger partial charge in [-0.3, -0.25) is 4.99 Å². The van der Waals surface area contributed by atoms with Crippen LogP contribution in [0.4, 0.5) is 5.69 Å². The molecule has 0 fully saturated rings. The normalized spacial score (nSPS) is 17.9. The molecule has 1 unspecified atom stereocenters. The lowest BCUT2D eigenvalue weighted by atomic mass is 10.0. The van der Waals surface area contributed by atoms with Crippen molar-refractivity contribution in [2.75, 3.05) is 11.4 Å². The van der Waals surface area contributed by atoms with Gasteiger partial charge in [0, 0.05) is 5.69 Å². The van der Waals surface area contributed by atoms with Crippen molar-refractivity contribution in [3.63, 3.8) is 0 Å². The highest BCUT2D eigenvalue weighted by atomic mass is 15.3. The highest BCUT2D eigenvalue weighted by Gasteiger charge is 2.28. The van der Waals surface area contributed by atoms with E-state index in [0.29, 0.717) is 12.5 Å². The number of nitrogens with two attached hydrogens (primary N) is 1. The van der Waals surface area contributed by atoms with Crippen LogP contribution < -0.4 is 10.6 Å². The van der Waals surface area contributed by atoms with Crippen molar-refractivity contribution in [1.82, 2.24) is 0 Å². The van der Waals surface area contributed by atoms with Gasteiger partial charge in [0.2, 0.25) is 0 Å². The molecule has 2 aromatic carbocycles. The molecule has 1 atom stereocenters. The largest absolute Gasteiger partial charge is 0.369 e. The number of anilines is 1. The van der Waals surface area contributed by atoms with Gasteiger partial charge in [-0.2, -0.15) is 0 Å². The molecule has 0 spiro atoms. The fourth-order valence-corrected chi connectivity index (χ4v) is 2.75. The number of aryl methyl sites for hydroxylation is 2. The molecule has 1 aliphatic rings. The smallest absolute Gasteiger partial charge is 0.196 e. The second kappa shape index (κ2) is 5.60. The van der Waals surface area contributed by atoms with Crippen molar-refractivity contribution in [1.29, 1.82) is 0 Å². The third kappa shape index (κ3) is 2.64. The van der Waals surface area contributed by atoms with Gasteiger partial charge in [0.05, 0.1) is 12.6 Å². The summed E-state index contributed by atoms with van der Waals surface area (Å²) in [4.78, 5) is 6.56. The van der Waals surface area contributed by atoms with E-state index in [-0.39, 0.29) is 6.04 Å². The van der Waals surface area contributed by atoms with Gasteiger partial charge in [-0.25, -0.2) is 0 Å². The Morgan fingerprint density at radius 1 is 1.10 bits per heavy atom. The summed E-state index contributed by atoms with van der Waals surface area (Å²) in [5.74, 6) is 0.600. The zero-order chi connectivity index (χ0) is 14.8. The molecule has 1 heterocycles. The first-order valence-corrected chi connectivity index (χ1v) is 7.43.